The van der Waals surface area contributed by atoms with Gasteiger partial charge in [0, 0.05) is 19.7 Å². The molecule has 2 aromatic heterocycles. The number of methoxy groups -OCH3 is 1. The summed E-state index contributed by atoms with van der Waals surface area (Å²) in [7, 11) is 1.62. The predicted molar refractivity (Wildman–Crippen MR) is 74.4 cm³/mol. The SMILES string of the molecule is COCCNC(=O)c1cc2sccc2n1C(C)C. The fraction of sp³-hybridized carbons (Fsp3) is 0.462. The highest BCUT2D eigenvalue weighted by atomic mass is 32.1. The molecule has 0 saturated carbocycles. The van der Waals surface area contributed by atoms with Gasteiger partial charge in [0.2, 0.25) is 0 Å². The van der Waals surface area contributed by atoms with Crippen LogP contribution in [-0.4, -0.2) is 30.7 Å². The number of rotatable bonds is 5. The lowest BCUT2D eigenvalue weighted by Crippen LogP contribution is -2.29. The second-order valence-electron chi connectivity index (χ2n) is 4.41. The van der Waals surface area contributed by atoms with Crippen molar-refractivity contribution in [3.8, 4) is 0 Å². The number of carbonyl (C=O) groups is 1. The molecular weight excluding hydrogens is 248 g/mol. The van der Waals surface area contributed by atoms with Crippen LogP contribution in [0.3, 0.4) is 0 Å². The molecule has 1 N–H and O–H groups in total. The lowest BCUT2D eigenvalue weighted by molar-refractivity contribution is 0.0927. The van der Waals surface area contributed by atoms with Crippen molar-refractivity contribution in [1.82, 2.24) is 9.88 Å². The van der Waals surface area contributed by atoms with E-state index < -0.39 is 0 Å². The Morgan fingerprint density at radius 2 is 2.33 bits per heavy atom. The number of hydrogen-bond donors (Lipinski definition) is 1. The normalized spacial score (nSPS) is 11.3. The van der Waals surface area contributed by atoms with Gasteiger partial charge in [0.15, 0.2) is 0 Å². The number of nitrogens with one attached hydrogen (secondary N) is 1. The maximum absolute atomic E-state index is 12.1. The lowest BCUT2D eigenvalue weighted by Gasteiger charge is -2.13. The fourth-order valence-corrected chi connectivity index (χ4v) is 2.84. The maximum Gasteiger partial charge on any atom is 0.268 e. The Morgan fingerprint density at radius 3 is 3.00 bits per heavy atom. The van der Waals surface area contributed by atoms with E-state index in [9.17, 15) is 4.79 Å². The van der Waals surface area contributed by atoms with E-state index in [1.54, 1.807) is 18.4 Å². The molecule has 0 saturated heterocycles. The number of nitrogens with zero attached hydrogens (tertiary/aromatic N) is 1. The Hall–Kier alpha value is -1.33. The third-order valence-corrected chi connectivity index (χ3v) is 3.65. The highest BCUT2D eigenvalue weighted by molar-refractivity contribution is 7.17. The Kier molecular flexibility index (Phi) is 4.04. The van der Waals surface area contributed by atoms with Crippen molar-refractivity contribution in [2.45, 2.75) is 19.9 Å². The zero-order valence-electron chi connectivity index (χ0n) is 10.9. The molecular formula is C13H18N2O2S. The summed E-state index contributed by atoms with van der Waals surface area (Å²) in [5, 5.41) is 4.92. The predicted octanol–water partition coefficient (Wildman–Crippen LogP) is 2.66. The van der Waals surface area contributed by atoms with Gasteiger partial charge in [-0.25, -0.2) is 0 Å². The summed E-state index contributed by atoms with van der Waals surface area (Å²) in [6.07, 6.45) is 0. The van der Waals surface area contributed by atoms with E-state index in [2.05, 4.69) is 35.2 Å². The second kappa shape index (κ2) is 5.54. The molecule has 98 valence electrons. The number of thiophene rings is 1. The molecule has 0 aliphatic carbocycles. The van der Waals surface area contributed by atoms with Crippen LogP contribution in [-0.2, 0) is 4.74 Å². The molecule has 0 radical (unpaired) electrons. The summed E-state index contributed by atoms with van der Waals surface area (Å²) in [5.74, 6) is -0.0378. The highest BCUT2D eigenvalue weighted by Gasteiger charge is 2.17. The van der Waals surface area contributed by atoms with Gasteiger partial charge < -0.3 is 14.6 Å². The van der Waals surface area contributed by atoms with E-state index >= 15 is 0 Å². The molecule has 0 fully saturated rings. The monoisotopic (exact) mass is 266 g/mol. The Bertz CT molecular complexity index is 542. The first-order valence-electron chi connectivity index (χ1n) is 6.00. The molecule has 0 aliphatic rings. The van der Waals surface area contributed by atoms with Gasteiger partial charge in [-0.1, -0.05) is 0 Å². The molecule has 4 nitrogen and oxygen atoms in total. The van der Waals surface area contributed by atoms with Crippen LogP contribution in [0.25, 0.3) is 10.2 Å². The van der Waals surface area contributed by atoms with Gasteiger partial charge in [-0.05, 0) is 31.4 Å². The van der Waals surface area contributed by atoms with Crippen molar-refractivity contribution >= 4 is 27.5 Å². The van der Waals surface area contributed by atoms with Crippen molar-refractivity contribution in [3.05, 3.63) is 23.2 Å². The maximum atomic E-state index is 12.1. The quantitative estimate of drug-likeness (QED) is 0.845. The minimum absolute atomic E-state index is 0.0378. The molecule has 18 heavy (non-hydrogen) atoms. The van der Waals surface area contributed by atoms with E-state index in [-0.39, 0.29) is 11.9 Å². The van der Waals surface area contributed by atoms with Crippen molar-refractivity contribution in [2.24, 2.45) is 0 Å². The summed E-state index contributed by atoms with van der Waals surface area (Å²) in [5.41, 5.74) is 1.86. The molecule has 0 unspecified atom stereocenters. The smallest absolute Gasteiger partial charge is 0.268 e. The summed E-state index contributed by atoms with van der Waals surface area (Å²) in [4.78, 5) is 12.1. The molecule has 2 rings (SSSR count). The second-order valence-corrected chi connectivity index (χ2v) is 5.36. The third-order valence-electron chi connectivity index (χ3n) is 2.80. The van der Waals surface area contributed by atoms with Gasteiger partial charge in [-0.15, -0.1) is 11.3 Å². The Morgan fingerprint density at radius 1 is 1.56 bits per heavy atom. The van der Waals surface area contributed by atoms with Crippen LogP contribution >= 0.6 is 11.3 Å². The number of hydrogen-bond acceptors (Lipinski definition) is 3. The molecule has 0 aliphatic heterocycles. The molecule has 5 heteroatoms. The topological polar surface area (TPSA) is 43.3 Å². The van der Waals surface area contributed by atoms with E-state index in [1.165, 1.54) is 0 Å². The minimum Gasteiger partial charge on any atom is -0.383 e. The number of aromatic nitrogens is 1. The zero-order valence-corrected chi connectivity index (χ0v) is 11.7. The highest BCUT2D eigenvalue weighted by Crippen LogP contribution is 2.28. The van der Waals surface area contributed by atoms with Gasteiger partial charge in [-0.3, -0.25) is 4.79 Å². The van der Waals surface area contributed by atoms with Crippen LogP contribution in [0.5, 0.6) is 0 Å². The first-order valence-corrected chi connectivity index (χ1v) is 6.88. The molecule has 0 spiro atoms. The number of amides is 1. The Balaban J connectivity index is 2.28. The summed E-state index contributed by atoms with van der Waals surface area (Å²) in [6.45, 7) is 5.24. The molecule has 0 bridgehead atoms. The van der Waals surface area contributed by atoms with E-state index in [1.807, 2.05) is 6.07 Å². The molecule has 1 amide bonds. The molecule has 0 aromatic carbocycles. The van der Waals surface area contributed by atoms with E-state index in [0.717, 1.165) is 15.9 Å². The van der Waals surface area contributed by atoms with E-state index in [4.69, 9.17) is 4.74 Å². The van der Waals surface area contributed by atoms with Crippen LogP contribution in [0.2, 0.25) is 0 Å². The average Bonchev–Trinajstić information content (AvgIpc) is 2.87. The van der Waals surface area contributed by atoms with Gasteiger partial charge in [0.25, 0.3) is 5.91 Å². The van der Waals surface area contributed by atoms with Gasteiger partial charge >= 0.3 is 0 Å². The summed E-state index contributed by atoms with van der Waals surface area (Å²) < 4.78 is 8.16. The standard InChI is InChI=1S/C13H18N2O2S/c1-9(2)15-10-4-7-18-12(10)8-11(15)13(16)14-5-6-17-3/h4,7-9H,5-6H2,1-3H3,(H,14,16). The van der Waals surface area contributed by atoms with Crippen LogP contribution < -0.4 is 5.32 Å². The number of carbonyl (C=O) groups excluding carboxylic acids is 1. The number of fused-ring (bicyclic) bond motifs is 1. The van der Waals surface area contributed by atoms with Crippen LogP contribution in [0.1, 0.15) is 30.4 Å². The zero-order chi connectivity index (χ0) is 13.1. The van der Waals surface area contributed by atoms with Gasteiger partial charge in [0.05, 0.1) is 16.8 Å². The number of ether oxygens (including phenoxy) is 1. The summed E-state index contributed by atoms with van der Waals surface area (Å²) >= 11 is 1.66. The summed E-state index contributed by atoms with van der Waals surface area (Å²) in [6, 6.07) is 4.29. The lowest BCUT2D eigenvalue weighted by atomic mass is 10.3. The van der Waals surface area contributed by atoms with Crippen molar-refractivity contribution < 1.29 is 9.53 Å². The molecule has 2 heterocycles. The van der Waals surface area contributed by atoms with Crippen LogP contribution in [0, 0.1) is 0 Å². The fourth-order valence-electron chi connectivity index (χ4n) is 2.03. The molecule has 2 aromatic rings. The van der Waals surface area contributed by atoms with E-state index in [0.29, 0.717) is 13.2 Å². The van der Waals surface area contributed by atoms with Crippen molar-refractivity contribution in [1.29, 1.82) is 0 Å². The van der Waals surface area contributed by atoms with Crippen molar-refractivity contribution in [2.75, 3.05) is 20.3 Å². The van der Waals surface area contributed by atoms with Crippen molar-refractivity contribution in [3.63, 3.8) is 0 Å². The molecule has 0 atom stereocenters. The minimum atomic E-state index is -0.0378. The Labute approximate surface area is 111 Å². The average molecular weight is 266 g/mol. The first kappa shape index (κ1) is 13.1. The third kappa shape index (κ3) is 2.42. The van der Waals surface area contributed by atoms with Crippen LogP contribution in [0.15, 0.2) is 17.5 Å². The largest absolute Gasteiger partial charge is 0.383 e. The first-order chi connectivity index (χ1) is 8.65. The van der Waals surface area contributed by atoms with Gasteiger partial charge in [0.1, 0.15) is 5.69 Å². The van der Waals surface area contributed by atoms with Gasteiger partial charge in [-0.2, -0.15) is 0 Å². The van der Waals surface area contributed by atoms with Crippen LogP contribution in [0.4, 0.5) is 0 Å².